The lowest BCUT2D eigenvalue weighted by atomic mass is 10.0. The first-order chi connectivity index (χ1) is 24.6. The van der Waals surface area contributed by atoms with E-state index in [9.17, 15) is 0 Å². The maximum atomic E-state index is 3.77. The highest BCUT2D eigenvalue weighted by atomic mass is 79.9. The molecule has 50 heavy (non-hydrogen) atoms. The zero-order valence-corrected chi connectivity index (χ0v) is 37.9. The SMILES string of the molecule is CCCCCCCCCCCCCCCc1c(-c2ccc(Br)s2)sc2c(CCCCCCCCCCCCCCC)c(-c3ccc(Br)s3)sc12. The van der Waals surface area contributed by atoms with Gasteiger partial charge >= 0.3 is 0 Å². The molecule has 0 aliphatic carbocycles. The maximum absolute atomic E-state index is 3.77. The van der Waals surface area contributed by atoms with Gasteiger partial charge in [-0.15, -0.1) is 45.3 Å². The number of rotatable bonds is 30. The minimum Gasteiger partial charge on any atom is -0.133 e. The van der Waals surface area contributed by atoms with Crippen LogP contribution in [-0.4, -0.2) is 0 Å². The zero-order chi connectivity index (χ0) is 35.2. The lowest BCUT2D eigenvalue weighted by Crippen LogP contribution is -1.87. The monoisotopic (exact) mass is 880 g/mol. The highest BCUT2D eigenvalue weighted by Crippen LogP contribution is 2.52. The second kappa shape index (κ2) is 25.9. The summed E-state index contributed by atoms with van der Waals surface area (Å²) in [6.45, 7) is 4.62. The fourth-order valence-electron chi connectivity index (χ4n) is 7.39. The molecule has 4 aromatic rings. The summed E-state index contributed by atoms with van der Waals surface area (Å²) in [5, 5.41) is 0. The molecular formula is C44H66Br2S4. The predicted molar refractivity (Wildman–Crippen MR) is 241 cm³/mol. The van der Waals surface area contributed by atoms with Gasteiger partial charge in [-0.1, -0.05) is 168 Å². The molecule has 4 aromatic heterocycles. The Balaban J connectivity index is 1.30. The third kappa shape index (κ3) is 15.0. The van der Waals surface area contributed by atoms with E-state index >= 15 is 0 Å². The zero-order valence-electron chi connectivity index (χ0n) is 31.5. The molecule has 4 rings (SSSR count). The van der Waals surface area contributed by atoms with Crippen LogP contribution in [0.4, 0.5) is 0 Å². The van der Waals surface area contributed by atoms with Gasteiger partial charge in [-0.2, -0.15) is 0 Å². The van der Waals surface area contributed by atoms with Crippen LogP contribution in [0.5, 0.6) is 0 Å². The largest absolute Gasteiger partial charge is 0.133 e. The Kier molecular flexibility index (Phi) is 22.2. The molecule has 0 fully saturated rings. The van der Waals surface area contributed by atoms with E-state index in [0.717, 1.165) is 0 Å². The number of fused-ring (bicyclic) bond motifs is 1. The number of thiophene rings is 4. The highest BCUT2D eigenvalue weighted by Gasteiger charge is 2.23. The molecule has 0 aliphatic rings. The molecule has 0 saturated heterocycles. The molecule has 0 aromatic carbocycles. The van der Waals surface area contributed by atoms with Gasteiger partial charge in [-0.3, -0.25) is 0 Å². The van der Waals surface area contributed by atoms with Gasteiger partial charge < -0.3 is 0 Å². The fraction of sp³-hybridized carbons (Fsp3) is 0.682. The fourth-order valence-corrected chi connectivity index (χ4v) is 13.5. The first kappa shape index (κ1) is 42.8. The summed E-state index contributed by atoms with van der Waals surface area (Å²) in [4.78, 5) is 5.99. The summed E-state index contributed by atoms with van der Waals surface area (Å²) in [5.41, 5.74) is 3.28. The summed E-state index contributed by atoms with van der Waals surface area (Å²) in [5.74, 6) is 0. The first-order valence-electron chi connectivity index (χ1n) is 20.7. The van der Waals surface area contributed by atoms with E-state index in [4.69, 9.17) is 0 Å². The average Bonchev–Trinajstić information content (AvgIpc) is 3.90. The van der Waals surface area contributed by atoms with Crippen LogP contribution in [0.2, 0.25) is 0 Å². The molecule has 0 spiro atoms. The third-order valence-corrected chi connectivity index (χ3v) is 16.7. The molecule has 0 radical (unpaired) electrons. The minimum absolute atomic E-state index is 1.22. The Morgan fingerprint density at radius 2 is 0.640 bits per heavy atom. The van der Waals surface area contributed by atoms with Crippen molar-refractivity contribution in [3.63, 3.8) is 0 Å². The normalized spacial score (nSPS) is 11.8. The topological polar surface area (TPSA) is 0 Å². The summed E-state index contributed by atoms with van der Waals surface area (Å²) in [7, 11) is 0. The predicted octanol–water partition coefficient (Wildman–Crippen LogP) is 19.2. The molecular weight excluding hydrogens is 817 g/mol. The van der Waals surface area contributed by atoms with Gasteiger partial charge in [0.25, 0.3) is 0 Å². The molecule has 6 heteroatoms. The molecule has 0 N–H and O–H groups in total. The van der Waals surface area contributed by atoms with Crippen molar-refractivity contribution >= 4 is 86.6 Å². The molecule has 0 nitrogen and oxygen atoms in total. The molecule has 0 amide bonds. The van der Waals surface area contributed by atoms with Crippen LogP contribution in [-0.2, 0) is 12.8 Å². The number of halogens is 2. The van der Waals surface area contributed by atoms with Gasteiger partial charge in [0.05, 0.1) is 7.57 Å². The summed E-state index contributed by atoms with van der Waals surface area (Å²) in [6.07, 6.45) is 39.2. The van der Waals surface area contributed by atoms with Gasteiger partial charge in [-0.25, -0.2) is 0 Å². The quantitative estimate of drug-likeness (QED) is 0.0458. The van der Waals surface area contributed by atoms with Crippen LogP contribution in [0.25, 0.3) is 28.9 Å². The molecule has 280 valence electrons. The van der Waals surface area contributed by atoms with Crippen LogP contribution in [0.1, 0.15) is 192 Å². The molecule has 0 saturated carbocycles. The van der Waals surface area contributed by atoms with Gasteiger partial charge in [0.1, 0.15) is 0 Å². The molecule has 0 unspecified atom stereocenters. The van der Waals surface area contributed by atoms with Crippen LogP contribution >= 0.6 is 77.2 Å². The van der Waals surface area contributed by atoms with Gasteiger partial charge in [0.2, 0.25) is 0 Å². The van der Waals surface area contributed by atoms with Crippen molar-refractivity contribution in [3.8, 4) is 19.5 Å². The Labute approximate surface area is 339 Å². The van der Waals surface area contributed by atoms with Crippen molar-refractivity contribution in [3.05, 3.63) is 43.0 Å². The molecule has 0 atom stereocenters. The first-order valence-corrected chi connectivity index (χ1v) is 25.6. The van der Waals surface area contributed by atoms with Crippen molar-refractivity contribution in [2.75, 3.05) is 0 Å². The Hall–Kier alpha value is 0.0200. The summed E-state index contributed by atoms with van der Waals surface area (Å²) < 4.78 is 5.68. The maximum Gasteiger partial charge on any atom is 0.0705 e. The Morgan fingerprint density at radius 1 is 0.360 bits per heavy atom. The summed E-state index contributed by atoms with van der Waals surface area (Å²) >= 11 is 15.6. The number of hydrogen-bond acceptors (Lipinski definition) is 4. The van der Waals surface area contributed by atoms with Crippen LogP contribution < -0.4 is 0 Å². The standard InChI is InChI=1S/C44H66Br2S4/c1-3-5-7-9-11-13-15-17-19-21-23-25-27-29-35-41(37-31-33-39(45)47-37)49-44-36(42(50-43(35)44)38-32-34-40(46)48-38)30-28-26-24-22-20-18-16-14-12-10-8-6-4-2/h31-34H,3-30H2,1-2H3. The van der Waals surface area contributed by atoms with Crippen LogP contribution in [0.3, 0.4) is 0 Å². The smallest absolute Gasteiger partial charge is 0.0705 e. The van der Waals surface area contributed by atoms with Crippen molar-refractivity contribution in [2.24, 2.45) is 0 Å². The average molecular weight is 883 g/mol. The van der Waals surface area contributed by atoms with Crippen molar-refractivity contribution in [2.45, 2.75) is 194 Å². The summed E-state index contributed by atoms with van der Waals surface area (Å²) in [6, 6.07) is 9.18. The number of hydrogen-bond donors (Lipinski definition) is 0. The van der Waals surface area contributed by atoms with E-state index in [0.29, 0.717) is 0 Å². The van der Waals surface area contributed by atoms with E-state index in [1.165, 1.54) is 197 Å². The van der Waals surface area contributed by atoms with Gasteiger partial charge in [0, 0.05) is 28.9 Å². The highest BCUT2D eigenvalue weighted by molar-refractivity contribution is 9.11. The van der Waals surface area contributed by atoms with Crippen molar-refractivity contribution in [1.29, 1.82) is 0 Å². The van der Waals surface area contributed by atoms with E-state index < -0.39 is 0 Å². The van der Waals surface area contributed by atoms with Crippen molar-refractivity contribution < 1.29 is 0 Å². The number of aryl methyl sites for hydroxylation is 2. The van der Waals surface area contributed by atoms with Crippen LogP contribution in [0, 0.1) is 0 Å². The lowest BCUT2D eigenvalue weighted by molar-refractivity contribution is 0.539. The molecule has 0 bridgehead atoms. The van der Waals surface area contributed by atoms with E-state index in [-0.39, 0.29) is 0 Å². The van der Waals surface area contributed by atoms with E-state index in [1.54, 1.807) is 30.3 Å². The third-order valence-electron chi connectivity index (χ3n) is 10.4. The van der Waals surface area contributed by atoms with Crippen molar-refractivity contribution in [1.82, 2.24) is 0 Å². The Morgan fingerprint density at radius 3 is 0.900 bits per heavy atom. The van der Waals surface area contributed by atoms with E-state index in [2.05, 4.69) is 92.6 Å². The van der Waals surface area contributed by atoms with Gasteiger partial charge in [0.15, 0.2) is 0 Å². The van der Waals surface area contributed by atoms with E-state index in [1.807, 2.05) is 22.7 Å². The molecule has 0 aliphatic heterocycles. The number of unbranched alkanes of at least 4 members (excludes halogenated alkanes) is 24. The van der Waals surface area contributed by atoms with Crippen LogP contribution in [0.15, 0.2) is 31.8 Å². The Bertz CT molecular complexity index is 1330. The second-order valence-corrected chi connectivity index (χ2v) is 21.6. The minimum atomic E-state index is 1.22. The lowest BCUT2D eigenvalue weighted by Gasteiger charge is -2.06. The second-order valence-electron chi connectivity index (χ2n) is 14.7. The molecule has 4 heterocycles. The van der Waals surface area contributed by atoms with Gasteiger partial charge in [-0.05, 0) is 92.9 Å².